The van der Waals surface area contributed by atoms with E-state index < -0.39 is 18.0 Å². The molecule has 0 saturated heterocycles. The molecule has 2 aromatic rings. The van der Waals surface area contributed by atoms with E-state index in [9.17, 15) is 15.0 Å². The van der Waals surface area contributed by atoms with Gasteiger partial charge in [-0.25, -0.2) is 0 Å². The van der Waals surface area contributed by atoms with Gasteiger partial charge in [0.2, 0.25) is 0 Å². The summed E-state index contributed by atoms with van der Waals surface area (Å²) in [4.78, 5) is 11.2. The molecule has 2 aromatic carbocycles. The number of rotatable bonds is 5. The van der Waals surface area contributed by atoms with Gasteiger partial charge < -0.3 is 10.2 Å². The zero-order valence-electron chi connectivity index (χ0n) is 10.9. The third-order valence-electron chi connectivity index (χ3n) is 3.41. The molecule has 2 unspecified atom stereocenters. The number of aliphatic carboxylic acids is 1. The monoisotopic (exact) mass is 258 g/mol. The molecule has 0 heterocycles. The third-order valence-corrected chi connectivity index (χ3v) is 3.41. The molecule has 3 nitrogen and oxygen atoms in total. The summed E-state index contributed by atoms with van der Waals surface area (Å²) >= 11 is 0. The van der Waals surface area contributed by atoms with Crippen LogP contribution in [0.5, 0.6) is 0 Å². The minimum absolute atomic E-state index is 0.476. The molecule has 0 aliphatic rings. The van der Waals surface area contributed by atoms with Crippen molar-refractivity contribution in [3.05, 3.63) is 48.0 Å². The van der Waals surface area contributed by atoms with Crippen LogP contribution in [0, 0.1) is 5.92 Å². The van der Waals surface area contributed by atoms with Crippen LogP contribution in [-0.2, 0) is 4.79 Å². The summed E-state index contributed by atoms with van der Waals surface area (Å²) in [6.45, 7) is 1.92. The molecule has 19 heavy (non-hydrogen) atoms. The Labute approximate surface area is 112 Å². The molecule has 0 saturated carbocycles. The van der Waals surface area contributed by atoms with Gasteiger partial charge in [-0.15, -0.1) is 0 Å². The Balaban J connectivity index is 2.34. The largest absolute Gasteiger partial charge is 0.481 e. The summed E-state index contributed by atoms with van der Waals surface area (Å²) in [5.41, 5.74) is 0.666. The quantitative estimate of drug-likeness (QED) is 0.864. The minimum atomic E-state index is -0.956. The van der Waals surface area contributed by atoms with Crippen LogP contribution >= 0.6 is 0 Å². The first-order valence-electron chi connectivity index (χ1n) is 6.53. The van der Waals surface area contributed by atoms with Gasteiger partial charge in [0.15, 0.2) is 0 Å². The summed E-state index contributed by atoms with van der Waals surface area (Å²) in [5, 5.41) is 21.5. The van der Waals surface area contributed by atoms with Crippen molar-refractivity contribution in [3.8, 4) is 0 Å². The van der Waals surface area contributed by atoms with Crippen LogP contribution < -0.4 is 0 Å². The standard InChI is InChI=1S/C16H18O3/c1-2-5-14(16(18)19)15(17)13-9-8-11-6-3-4-7-12(11)10-13/h3-4,6-10,14-15,17H,2,5H2,1H3,(H,18,19). The molecular formula is C16H18O3. The predicted molar refractivity (Wildman–Crippen MR) is 74.9 cm³/mol. The molecule has 0 spiro atoms. The summed E-state index contributed by atoms with van der Waals surface area (Å²) < 4.78 is 0. The smallest absolute Gasteiger partial charge is 0.309 e. The highest BCUT2D eigenvalue weighted by Crippen LogP contribution is 2.28. The number of hydrogen-bond donors (Lipinski definition) is 2. The van der Waals surface area contributed by atoms with Crippen molar-refractivity contribution in [1.82, 2.24) is 0 Å². The highest BCUT2D eigenvalue weighted by molar-refractivity contribution is 5.83. The maximum absolute atomic E-state index is 11.2. The molecule has 0 bridgehead atoms. The molecule has 100 valence electrons. The average molecular weight is 258 g/mol. The van der Waals surface area contributed by atoms with E-state index in [1.807, 2.05) is 43.3 Å². The lowest BCUT2D eigenvalue weighted by Gasteiger charge is -2.19. The van der Waals surface area contributed by atoms with Crippen molar-refractivity contribution in [3.63, 3.8) is 0 Å². The summed E-state index contributed by atoms with van der Waals surface area (Å²) in [7, 11) is 0. The van der Waals surface area contributed by atoms with E-state index in [2.05, 4.69) is 0 Å². The van der Waals surface area contributed by atoms with E-state index >= 15 is 0 Å². The molecule has 0 amide bonds. The van der Waals surface area contributed by atoms with Crippen LogP contribution in [0.4, 0.5) is 0 Å². The SMILES string of the molecule is CCCC(C(=O)O)C(O)c1ccc2ccccc2c1. The zero-order chi connectivity index (χ0) is 13.8. The van der Waals surface area contributed by atoms with Crippen molar-refractivity contribution >= 4 is 16.7 Å². The van der Waals surface area contributed by atoms with E-state index in [0.717, 1.165) is 17.2 Å². The van der Waals surface area contributed by atoms with Crippen LogP contribution in [0.3, 0.4) is 0 Å². The van der Waals surface area contributed by atoms with Crippen LogP contribution in [0.2, 0.25) is 0 Å². The van der Waals surface area contributed by atoms with E-state index in [1.54, 1.807) is 6.07 Å². The first-order chi connectivity index (χ1) is 9.13. The van der Waals surface area contributed by atoms with Gasteiger partial charge in [-0.1, -0.05) is 49.7 Å². The highest BCUT2D eigenvalue weighted by Gasteiger charge is 2.26. The van der Waals surface area contributed by atoms with Gasteiger partial charge in [0, 0.05) is 0 Å². The number of aliphatic hydroxyl groups is 1. The normalized spacial score (nSPS) is 14.2. The van der Waals surface area contributed by atoms with Crippen LogP contribution in [0.15, 0.2) is 42.5 Å². The molecule has 0 aliphatic carbocycles. The lowest BCUT2D eigenvalue weighted by atomic mass is 9.91. The third kappa shape index (κ3) is 2.93. The fourth-order valence-corrected chi connectivity index (χ4v) is 2.35. The lowest BCUT2D eigenvalue weighted by molar-refractivity contribution is -0.146. The number of carboxylic acid groups (broad SMARTS) is 1. The second-order valence-corrected chi connectivity index (χ2v) is 4.78. The van der Waals surface area contributed by atoms with Gasteiger partial charge in [-0.2, -0.15) is 0 Å². The predicted octanol–water partition coefficient (Wildman–Crippen LogP) is 3.37. The Morgan fingerprint density at radius 1 is 1.16 bits per heavy atom. The van der Waals surface area contributed by atoms with E-state index in [4.69, 9.17) is 0 Å². The molecule has 0 fully saturated rings. The maximum Gasteiger partial charge on any atom is 0.309 e. The molecular weight excluding hydrogens is 240 g/mol. The first-order valence-corrected chi connectivity index (χ1v) is 6.53. The summed E-state index contributed by atoms with van der Waals surface area (Å²) in [6.07, 6.45) is 0.257. The van der Waals surface area contributed by atoms with E-state index in [0.29, 0.717) is 12.0 Å². The lowest BCUT2D eigenvalue weighted by Crippen LogP contribution is -2.21. The Morgan fingerprint density at radius 2 is 1.84 bits per heavy atom. The second kappa shape index (κ2) is 5.85. The number of aliphatic hydroxyl groups excluding tert-OH is 1. The molecule has 0 aliphatic heterocycles. The Morgan fingerprint density at radius 3 is 2.47 bits per heavy atom. The van der Waals surface area contributed by atoms with E-state index in [1.165, 1.54) is 0 Å². The topological polar surface area (TPSA) is 57.5 Å². The Hall–Kier alpha value is -1.87. The Kier molecular flexibility index (Phi) is 4.17. The maximum atomic E-state index is 11.2. The fourth-order valence-electron chi connectivity index (χ4n) is 2.35. The van der Waals surface area contributed by atoms with Gasteiger partial charge in [0.1, 0.15) is 0 Å². The summed E-state index contributed by atoms with van der Waals surface area (Å²) in [6, 6.07) is 13.4. The van der Waals surface area contributed by atoms with Crippen molar-refractivity contribution in [2.24, 2.45) is 5.92 Å². The van der Waals surface area contributed by atoms with Crippen molar-refractivity contribution in [1.29, 1.82) is 0 Å². The summed E-state index contributed by atoms with van der Waals surface area (Å²) in [5.74, 6) is -1.69. The average Bonchev–Trinajstić information content (AvgIpc) is 2.43. The zero-order valence-corrected chi connectivity index (χ0v) is 10.9. The number of carboxylic acids is 1. The van der Waals surface area contributed by atoms with Gasteiger partial charge in [-0.05, 0) is 28.8 Å². The molecule has 2 rings (SSSR count). The molecule has 0 radical (unpaired) electrons. The van der Waals surface area contributed by atoms with Gasteiger partial charge in [0.05, 0.1) is 12.0 Å². The van der Waals surface area contributed by atoms with Crippen molar-refractivity contribution < 1.29 is 15.0 Å². The van der Waals surface area contributed by atoms with Gasteiger partial charge in [-0.3, -0.25) is 4.79 Å². The first kappa shape index (κ1) is 13.6. The van der Waals surface area contributed by atoms with Gasteiger partial charge in [0.25, 0.3) is 0 Å². The molecule has 2 atom stereocenters. The number of fused-ring (bicyclic) bond motifs is 1. The molecule has 2 N–H and O–H groups in total. The molecule has 0 aromatic heterocycles. The van der Waals surface area contributed by atoms with E-state index in [-0.39, 0.29) is 0 Å². The van der Waals surface area contributed by atoms with Crippen LogP contribution in [0.25, 0.3) is 10.8 Å². The minimum Gasteiger partial charge on any atom is -0.481 e. The number of carbonyl (C=O) groups is 1. The number of hydrogen-bond acceptors (Lipinski definition) is 2. The van der Waals surface area contributed by atoms with Crippen molar-refractivity contribution in [2.45, 2.75) is 25.9 Å². The van der Waals surface area contributed by atoms with Crippen molar-refractivity contribution in [2.75, 3.05) is 0 Å². The number of benzene rings is 2. The van der Waals surface area contributed by atoms with Crippen LogP contribution in [0.1, 0.15) is 31.4 Å². The molecule has 3 heteroatoms. The van der Waals surface area contributed by atoms with Gasteiger partial charge >= 0.3 is 5.97 Å². The Bertz CT molecular complexity index is 577. The highest BCUT2D eigenvalue weighted by atomic mass is 16.4. The van der Waals surface area contributed by atoms with Crippen LogP contribution in [-0.4, -0.2) is 16.2 Å². The fraction of sp³-hybridized carbons (Fsp3) is 0.312. The second-order valence-electron chi connectivity index (χ2n) is 4.78.